The maximum absolute atomic E-state index is 12.9. The van der Waals surface area contributed by atoms with Crippen LogP contribution in [-0.4, -0.2) is 52.4 Å². The summed E-state index contributed by atoms with van der Waals surface area (Å²) < 4.78 is 7.61. The normalized spacial score (nSPS) is 24.3. The minimum absolute atomic E-state index is 0.0233. The lowest BCUT2D eigenvalue weighted by Gasteiger charge is -2.29. The molecule has 0 bridgehead atoms. The average Bonchev–Trinajstić information content (AvgIpc) is 3.18. The Morgan fingerprint density at radius 3 is 3.15 bits per heavy atom. The lowest BCUT2D eigenvalue weighted by molar-refractivity contribution is 0.0549. The highest BCUT2D eigenvalue weighted by Gasteiger charge is 2.51. The van der Waals surface area contributed by atoms with Gasteiger partial charge >= 0.3 is 0 Å². The van der Waals surface area contributed by atoms with Gasteiger partial charge in [0.05, 0.1) is 36.1 Å². The van der Waals surface area contributed by atoms with Crippen molar-refractivity contribution in [1.82, 2.24) is 20.0 Å². The first-order chi connectivity index (χ1) is 9.80. The monoisotopic (exact) mass is 276 g/mol. The van der Waals surface area contributed by atoms with E-state index in [-0.39, 0.29) is 11.4 Å². The fourth-order valence-corrected chi connectivity index (χ4v) is 3.28. The summed E-state index contributed by atoms with van der Waals surface area (Å²) >= 11 is 0. The molecule has 1 spiro atoms. The number of nitrogens with zero attached hydrogens (tertiary/aromatic N) is 3. The third-order valence-electron chi connectivity index (χ3n) is 4.66. The maximum atomic E-state index is 12.9. The average molecular weight is 276 g/mol. The van der Waals surface area contributed by atoms with Gasteiger partial charge in [0, 0.05) is 26.2 Å². The van der Waals surface area contributed by atoms with E-state index in [1.807, 2.05) is 9.58 Å². The van der Waals surface area contributed by atoms with E-state index in [1.54, 1.807) is 6.20 Å². The van der Waals surface area contributed by atoms with Crippen LogP contribution in [0.25, 0.3) is 0 Å². The third-order valence-corrected chi connectivity index (χ3v) is 4.66. The van der Waals surface area contributed by atoms with E-state index in [0.29, 0.717) is 6.61 Å². The van der Waals surface area contributed by atoms with E-state index in [9.17, 15) is 4.79 Å². The zero-order chi connectivity index (χ0) is 13.6. The van der Waals surface area contributed by atoms with E-state index in [4.69, 9.17) is 4.74 Å². The quantitative estimate of drug-likeness (QED) is 0.805. The Morgan fingerprint density at radius 1 is 1.40 bits per heavy atom. The smallest absolute Gasteiger partial charge is 0.257 e. The van der Waals surface area contributed by atoms with Crippen LogP contribution in [0.5, 0.6) is 0 Å². The van der Waals surface area contributed by atoms with Crippen molar-refractivity contribution in [2.75, 3.05) is 26.3 Å². The number of ether oxygens (including phenoxy) is 1. The molecule has 20 heavy (non-hydrogen) atoms. The summed E-state index contributed by atoms with van der Waals surface area (Å²) in [6.07, 6.45) is 4.81. The van der Waals surface area contributed by atoms with Crippen LogP contribution in [-0.2, 0) is 17.8 Å². The Kier molecular flexibility index (Phi) is 2.82. The van der Waals surface area contributed by atoms with Gasteiger partial charge < -0.3 is 15.0 Å². The lowest BCUT2D eigenvalue weighted by Crippen LogP contribution is -2.44. The highest BCUT2D eigenvalue weighted by atomic mass is 16.5. The van der Waals surface area contributed by atoms with Crippen LogP contribution in [0.4, 0.5) is 0 Å². The molecular formula is C14H20N4O2. The number of aromatic nitrogens is 2. The molecule has 3 aliphatic rings. The molecule has 6 nitrogen and oxygen atoms in total. The maximum Gasteiger partial charge on any atom is 0.257 e. The molecule has 1 saturated heterocycles. The van der Waals surface area contributed by atoms with Gasteiger partial charge in [0.2, 0.25) is 0 Å². The van der Waals surface area contributed by atoms with Crippen molar-refractivity contribution in [3.63, 3.8) is 0 Å². The Labute approximate surface area is 118 Å². The van der Waals surface area contributed by atoms with E-state index < -0.39 is 0 Å². The number of nitrogens with one attached hydrogen (secondary N) is 1. The molecule has 1 amide bonds. The molecule has 1 aromatic rings. The fourth-order valence-electron chi connectivity index (χ4n) is 3.28. The van der Waals surface area contributed by atoms with E-state index in [0.717, 1.165) is 63.3 Å². The van der Waals surface area contributed by atoms with Gasteiger partial charge in [0.15, 0.2) is 0 Å². The molecule has 6 heteroatoms. The van der Waals surface area contributed by atoms with Crippen LogP contribution in [0.2, 0.25) is 0 Å². The van der Waals surface area contributed by atoms with Crippen LogP contribution >= 0.6 is 0 Å². The summed E-state index contributed by atoms with van der Waals surface area (Å²) in [4.78, 5) is 15.0. The summed E-state index contributed by atoms with van der Waals surface area (Å²) in [7, 11) is 0. The molecule has 1 aromatic heterocycles. The first-order valence-corrected chi connectivity index (χ1v) is 7.45. The molecule has 1 saturated carbocycles. The van der Waals surface area contributed by atoms with Gasteiger partial charge in [0.25, 0.3) is 5.91 Å². The van der Waals surface area contributed by atoms with Crippen molar-refractivity contribution in [3.8, 4) is 0 Å². The Hall–Kier alpha value is -1.40. The van der Waals surface area contributed by atoms with Crippen molar-refractivity contribution in [1.29, 1.82) is 0 Å². The van der Waals surface area contributed by atoms with Crippen LogP contribution in [0.15, 0.2) is 6.20 Å². The van der Waals surface area contributed by atoms with Crippen molar-refractivity contribution in [3.05, 3.63) is 17.5 Å². The summed E-state index contributed by atoms with van der Waals surface area (Å²) in [5, 5.41) is 7.68. The summed E-state index contributed by atoms with van der Waals surface area (Å²) in [5.41, 5.74) is 1.78. The Balaban J connectivity index is 1.64. The molecule has 3 heterocycles. The number of fused-ring (bicyclic) bond motifs is 1. The largest absolute Gasteiger partial charge is 0.379 e. The molecule has 0 unspecified atom stereocenters. The molecule has 108 valence electrons. The number of rotatable bonds is 1. The molecule has 2 fully saturated rings. The predicted octanol–water partition coefficient (Wildman–Crippen LogP) is 0.381. The minimum atomic E-state index is -0.0233. The van der Waals surface area contributed by atoms with Gasteiger partial charge in [-0.05, 0) is 19.3 Å². The van der Waals surface area contributed by atoms with Gasteiger partial charge in [-0.1, -0.05) is 0 Å². The van der Waals surface area contributed by atoms with E-state index in [2.05, 4.69) is 10.4 Å². The fraction of sp³-hybridized carbons (Fsp3) is 0.714. The molecule has 0 aromatic carbocycles. The van der Waals surface area contributed by atoms with Crippen LogP contribution in [0.1, 0.15) is 35.3 Å². The molecule has 2 aliphatic heterocycles. The third kappa shape index (κ3) is 1.86. The standard InChI is InChI=1S/C14H20N4O2/c19-13(11-8-16-18-6-4-15-9-12(11)18)17-5-1-7-20-10-14(17)2-3-14/h8,15H,1-7,9-10H2. The van der Waals surface area contributed by atoms with Crippen molar-refractivity contribution < 1.29 is 9.53 Å². The van der Waals surface area contributed by atoms with Crippen LogP contribution in [0.3, 0.4) is 0 Å². The zero-order valence-electron chi connectivity index (χ0n) is 11.6. The van der Waals surface area contributed by atoms with Crippen molar-refractivity contribution in [2.45, 2.75) is 37.9 Å². The second kappa shape index (κ2) is 4.56. The lowest BCUT2D eigenvalue weighted by atomic mass is 10.1. The summed E-state index contributed by atoms with van der Waals surface area (Å²) in [5.74, 6) is 0.137. The Bertz CT molecular complexity index is 535. The number of amides is 1. The van der Waals surface area contributed by atoms with Gasteiger partial charge in [-0.25, -0.2) is 0 Å². The van der Waals surface area contributed by atoms with Gasteiger partial charge in [-0.3, -0.25) is 9.48 Å². The van der Waals surface area contributed by atoms with Crippen molar-refractivity contribution >= 4 is 5.91 Å². The van der Waals surface area contributed by atoms with Gasteiger partial charge in [-0.15, -0.1) is 0 Å². The number of carbonyl (C=O) groups is 1. The minimum Gasteiger partial charge on any atom is -0.379 e. The van der Waals surface area contributed by atoms with Crippen LogP contribution in [0, 0.1) is 0 Å². The molecule has 4 rings (SSSR count). The summed E-state index contributed by atoms with van der Waals surface area (Å²) in [6.45, 7) is 4.76. The van der Waals surface area contributed by atoms with Crippen molar-refractivity contribution in [2.24, 2.45) is 0 Å². The zero-order valence-corrected chi connectivity index (χ0v) is 11.6. The molecule has 0 radical (unpaired) electrons. The highest BCUT2D eigenvalue weighted by molar-refractivity contribution is 5.96. The second-order valence-electron chi connectivity index (χ2n) is 5.99. The molecular weight excluding hydrogens is 256 g/mol. The number of hydrogen-bond acceptors (Lipinski definition) is 4. The predicted molar refractivity (Wildman–Crippen MR) is 72.4 cm³/mol. The number of carbonyl (C=O) groups excluding carboxylic acids is 1. The summed E-state index contributed by atoms with van der Waals surface area (Å²) in [6, 6.07) is 0. The molecule has 1 N–H and O–H groups in total. The molecule has 0 atom stereocenters. The number of hydrogen-bond donors (Lipinski definition) is 1. The van der Waals surface area contributed by atoms with Gasteiger partial charge in [0.1, 0.15) is 0 Å². The first-order valence-electron chi connectivity index (χ1n) is 7.45. The topological polar surface area (TPSA) is 59.4 Å². The first kappa shape index (κ1) is 12.3. The van der Waals surface area contributed by atoms with E-state index in [1.165, 1.54) is 0 Å². The van der Waals surface area contributed by atoms with Gasteiger partial charge in [-0.2, -0.15) is 5.10 Å². The second-order valence-corrected chi connectivity index (χ2v) is 5.99. The van der Waals surface area contributed by atoms with E-state index >= 15 is 0 Å². The van der Waals surface area contributed by atoms with Crippen LogP contribution < -0.4 is 5.32 Å². The SMILES string of the molecule is O=C(c1cnn2c1CNCC2)N1CCCOCC12CC2. The Morgan fingerprint density at radius 2 is 2.30 bits per heavy atom. The molecule has 1 aliphatic carbocycles. The highest BCUT2D eigenvalue weighted by Crippen LogP contribution is 2.44.